The van der Waals surface area contributed by atoms with E-state index in [4.69, 9.17) is 25.2 Å². The summed E-state index contributed by atoms with van der Waals surface area (Å²) in [5.74, 6) is -4.42. The van der Waals surface area contributed by atoms with Crippen LogP contribution in [-0.2, 0) is 14.3 Å². The van der Waals surface area contributed by atoms with E-state index in [1.807, 2.05) is 0 Å². The SMILES string of the molecule is NCC(=O)[O-].O=C1O[C@H]([C@@H](O)CO)C([O-])=C1O.[Ca+2]. The number of cyclic esters (lactones) is 1. The summed E-state index contributed by atoms with van der Waals surface area (Å²) in [6.07, 6.45) is -2.95. The molecule has 0 aromatic carbocycles. The molecule has 1 heterocycles. The topological polar surface area (TPSA) is 176 Å². The smallest absolute Gasteiger partial charge is 0.870 e. The van der Waals surface area contributed by atoms with E-state index in [9.17, 15) is 9.90 Å². The number of carboxylic acid groups (broad SMARTS) is 1. The number of hydrogen-bond acceptors (Lipinski definition) is 9. The monoisotopic (exact) mass is 289 g/mol. The van der Waals surface area contributed by atoms with Gasteiger partial charge in [-0.15, -0.1) is 0 Å². The van der Waals surface area contributed by atoms with Crippen LogP contribution in [0.1, 0.15) is 0 Å². The van der Waals surface area contributed by atoms with Gasteiger partial charge < -0.3 is 40.8 Å². The molecule has 0 amide bonds. The number of nitrogens with two attached hydrogens (primary N) is 1. The van der Waals surface area contributed by atoms with Gasteiger partial charge in [0.15, 0.2) is 5.76 Å². The quantitative estimate of drug-likeness (QED) is 0.292. The fourth-order valence-electron chi connectivity index (χ4n) is 0.809. The van der Waals surface area contributed by atoms with E-state index in [0.717, 1.165) is 0 Å². The normalized spacial score (nSPS) is 19.3. The third-order valence-electron chi connectivity index (χ3n) is 1.62. The van der Waals surface area contributed by atoms with E-state index >= 15 is 0 Å². The average Bonchev–Trinajstić information content (AvgIpc) is 2.56. The van der Waals surface area contributed by atoms with Crippen molar-refractivity contribution in [1.29, 1.82) is 0 Å². The zero-order valence-electron chi connectivity index (χ0n) is 9.24. The van der Waals surface area contributed by atoms with Gasteiger partial charge in [0.05, 0.1) is 12.6 Å². The maximum atomic E-state index is 10.8. The molecule has 10 heteroatoms. The van der Waals surface area contributed by atoms with Gasteiger partial charge in [0.1, 0.15) is 12.2 Å². The molecular weight excluding hydrogens is 278 g/mol. The van der Waals surface area contributed by atoms with Crippen molar-refractivity contribution in [2.24, 2.45) is 5.73 Å². The van der Waals surface area contributed by atoms with Crippen molar-refractivity contribution in [1.82, 2.24) is 0 Å². The maximum absolute atomic E-state index is 10.8. The van der Waals surface area contributed by atoms with Gasteiger partial charge in [0, 0.05) is 6.54 Å². The van der Waals surface area contributed by atoms with Gasteiger partial charge in [-0.05, 0) is 5.76 Å². The van der Waals surface area contributed by atoms with Gasteiger partial charge in [0.2, 0.25) is 0 Å². The number of aliphatic hydroxyl groups is 3. The summed E-state index contributed by atoms with van der Waals surface area (Å²) in [6, 6.07) is 0. The van der Waals surface area contributed by atoms with Crippen LogP contribution in [0.15, 0.2) is 11.5 Å². The Morgan fingerprint density at radius 1 is 1.56 bits per heavy atom. The molecule has 0 aliphatic carbocycles. The van der Waals surface area contributed by atoms with Crippen molar-refractivity contribution in [2.45, 2.75) is 12.2 Å². The molecule has 98 valence electrons. The van der Waals surface area contributed by atoms with Crippen molar-refractivity contribution in [3.63, 3.8) is 0 Å². The Morgan fingerprint density at radius 3 is 2.22 bits per heavy atom. The number of aliphatic carboxylic acids is 1. The second-order valence-electron chi connectivity index (χ2n) is 2.86. The Kier molecular flexibility index (Phi) is 10.3. The number of esters is 1. The molecule has 18 heavy (non-hydrogen) atoms. The summed E-state index contributed by atoms with van der Waals surface area (Å²) < 4.78 is 4.25. The van der Waals surface area contributed by atoms with Crippen molar-refractivity contribution in [2.75, 3.05) is 13.2 Å². The van der Waals surface area contributed by atoms with Crippen LogP contribution in [-0.4, -0.2) is 90.4 Å². The molecule has 2 atom stereocenters. The second-order valence-corrected chi connectivity index (χ2v) is 2.86. The minimum absolute atomic E-state index is 0. The second kappa shape index (κ2) is 9.36. The molecule has 9 nitrogen and oxygen atoms in total. The molecular formula is C8H11CaNO8. The van der Waals surface area contributed by atoms with Crippen LogP contribution in [0.3, 0.4) is 0 Å². The minimum Gasteiger partial charge on any atom is -0.870 e. The summed E-state index contributed by atoms with van der Waals surface area (Å²) in [5.41, 5.74) is 4.51. The van der Waals surface area contributed by atoms with Crippen LogP contribution in [0, 0.1) is 0 Å². The molecule has 1 aliphatic rings. The molecule has 0 saturated carbocycles. The Bertz CT molecular complexity index is 331. The van der Waals surface area contributed by atoms with E-state index in [1.165, 1.54) is 0 Å². The first-order chi connectivity index (χ1) is 7.84. The van der Waals surface area contributed by atoms with Crippen LogP contribution >= 0.6 is 0 Å². The molecule has 0 fully saturated rings. The molecule has 1 rings (SSSR count). The Labute approximate surface area is 131 Å². The molecule has 0 bridgehead atoms. The zero-order valence-corrected chi connectivity index (χ0v) is 11.4. The number of ether oxygens (including phenoxy) is 1. The number of hydrogen-bond donors (Lipinski definition) is 4. The van der Waals surface area contributed by atoms with Crippen LogP contribution in [0.4, 0.5) is 0 Å². The van der Waals surface area contributed by atoms with Crippen LogP contribution in [0.2, 0.25) is 0 Å². The Balaban J connectivity index is 0. The van der Waals surface area contributed by atoms with Crippen LogP contribution in [0.5, 0.6) is 0 Å². The zero-order chi connectivity index (χ0) is 13.6. The summed E-state index contributed by atoms with van der Waals surface area (Å²) in [5, 5.41) is 45.9. The Hall–Kier alpha value is -0.580. The third kappa shape index (κ3) is 5.85. The van der Waals surface area contributed by atoms with Crippen LogP contribution < -0.4 is 15.9 Å². The molecule has 0 radical (unpaired) electrons. The number of aliphatic hydroxyl groups excluding tert-OH is 3. The summed E-state index contributed by atoms with van der Waals surface area (Å²) >= 11 is 0. The van der Waals surface area contributed by atoms with Crippen molar-refractivity contribution >= 4 is 49.7 Å². The number of carbonyl (C=O) groups is 2. The van der Waals surface area contributed by atoms with Gasteiger partial charge in [-0.25, -0.2) is 4.79 Å². The maximum Gasteiger partial charge on any atom is 2.00 e. The van der Waals surface area contributed by atoms with E-state index < -0.39 is 42.3 Å². The summed E-state index contributed by atoms with van der Waals surface area (Å²) in [4.78, 5) is 19.6. The summed E-state index contributed by atoms with van der Waals surface area (Å²) in [6.45, 7) is -1.10. The fraction of sp³-hybridized carbons (Fsp3) is 0.500. The summed E-state index contributed by atoms with van der Waals surface area (Å²) in [7, 11) is 0. The van der Waals surface area contributed by atoms with Gasteiger partial charge in [-0.1, -0.05) is 0 Å². The van der Waals surface area contributed by atoms with E-state index in [0.29, 0.717) is 0 Å². The molecule has 0 aromatic heterocycles. The van der Waals surface area contributed by atoms with E-state index in [2.05, 4.69) is 10.5 Å². The largest absolute Gasteiger partial charge is 2.00 e. The number of carbonyl (C=O) groups excluding carboxylic acids is 2. The Morgan fingerprint density at radius 2 is 2.00 bits per heavy atom. The van der Waals surface area contributed by atoms with Crippen molar-refractivity contribution < 1.29 is 39.9 Å². The van der Waals surface area contributed by atoms with Gasteiger partial charge in [-0.3, -0.25) is 0 Å². The molecule has 0 aromatic rings. The van der Waals surface area contributed by atoms with Gasteiger partial charge in [0.25, 0.3) is 0 Å². The van der Waals surface area contributed by atoms with Crippen LogP contribution in [0.25, 0.3) is 0 Å². The predicted molar refractivity (Wildman–Crippen MR) is 52.4 cm³/mol. The first kappa shape index (κ1) is 19.8. The fourth-order valence-corrected chi connectivity index (χ4v) is 0.809. The van der Waals surface area contributed by atoms with Crippen molar-refractivity contribution in [3.8, 4) is 0 Å². The molecule has 0 unspecified atom stereocenters. The van der Waals surface area contributed by atoms with Gasteiger partial charge >= 0.3 is 43.7 Å². The third-order valence-corrected chi connectivity index (χ3v) is 1.62. The van der Waals surface area contributed by atoms with Gasteiger partial charge in [-0.2, -0.15) is 0 Å². The van der Waals surface area contributed by atoms with E-state index in [-0.39, 0.29) is 44.3 Å². The van der Waals surface area contributed by atoms with E-state index in [1.54, 1.807) is 0 Å². The standard InChI is InChI=1S/C6H8O6.C2H5NO2.Ca/c7-1-2(8)5-3(9)4(10)6(11)12-5;3-1-2(4)5;/h2,5,7-10H,1H2;1,3H2,(H,4,5);/q;;+2/p-2/t2-,5+;;/m0../s1. The molecule has 0 spiro atoms. The molecule has 0 saturated heterocycles. The minimum atomic E-state index is -1.48. The first-order valence-electron chi connectivity index (χ1n) is 4.35. The number of rotatable bonds is 3. The predicted octanol–water partition coefficient (Wildman–Crippen LogP) is -5.29. The number of carboxylic acids is 1. The first-order valence-corrected chi connectivity index (χ1v) is 4.35. The molecule has 5 N–H and O–H groups in total. The molecule has 1 aliphatic heterocycles. The average molecular weight is 289 g/mol. The van der Waals surface area contributed by atoms with Crippen molar-refractivity contribution in [3.05, 3.63) is 11.5 Å².